The Morgan fingerprint density at radius 1 is 1.47 bits per heavy atom. The molecule has 0 aliphatic rings. The summed E-state index contributed by atoms with van der Waals surface area (Å²) in [6.45, 7) is 4.22. The molecule has 4 nitrogen and oxygen atoms in total. The van der Waals surface area contributed by atoms with Crippen LogP contribution in [0.1, 0.15) is 20.3 Å². The molecule has 1 rings (SSSR count). The second kappa shape index (κ2) is 5.24. The number of anilines is 2. The average molecular weight is 208 g/mol. The first kappa shape index (κ1) is 11.4. The highest BCUT2D eigenvalue weighted by Gasteiger charge is 2.06. The molecule has 1 aromatic rings. The Bertz CT molecular complexity index is 350. The lowest BCUT2D eigenvalue weighted by Gasteiger charge is -2.11. The summed E-state index contributed by atoms with van der Waals surface area (Å²) in [6, 6.07) is 5.18. The molecular weight excluding hydrogens is 192 g/mol. The van der Waals surface area contributed by atoms with Crippen molar-refractivity contribution >= 4 is 17.3 Å². The second-order valence-electron chi connectivity index (χ2n) is 3.09. The molecule has 0 aliphatic carbocycles. The number of nitrogen functional groups attached to an aromatic ring is 1. The van der Waals surface area contributed by atoms with Crippen LogP contribution < -0.4 is 15.8 Å². The number of ether oxygens (including phenoxy) is 1. The molecule has 1 aromatic carbocycles. The van der Waals surface area contributed by atoms with Crippen molar-refractivity contribution < 1.29 is 9.53 Å². The molecule has 4 heteroatoms. The van der Waals surface area contributed by atoms with E-state index in [0.717, 1.165) is 0 Å². The fourth-order valence-corrected chi connectivity index (χ4v) is 1.16. The van der Waals surface area contributed by atoms with Gasteiger partial charge in [-0.2, -0.15) is 0 Å². The number of hydrogen-bond donors (Lipinski definition) is 2. The molecule has 0 atom stereocenters. The second-order valence-corrected chi connectivity index (χ2v) is 3.09. The quantitative estimate of drug-likeness (QED) is 0.744. The smallest absolute Gasteiger partial charge is 0.224 e. The van der Waals surface area contributed by atoms with Gasteiger partial charge in [0.2, 0.25) is 5.91 Å². The molecule has 0 heterocycles. The number of hydrogen-bond acceptors (Lipinski definition) is 3. The van der Waals surface area contributed by atoms with Crippen LogP contribution in [-0.4, -0.2) is 12.5 Å². The van der Waals surface area contributed by atoms with Crippen LogP contribution in [0.3, 0.4) is 0 Å². The van der Waals surface area contributed by atoms with Crippen LogP contribution in [0.2, 0.25) is 0 Å². The first-order chi connectivity index (χ1) is 7.17. The lowest BCUT2D eigenvalue weighted by molar-refractivity contribution is -0.115. The summed E-state index contributed by atoms with van der Waals surface area (Å²) in [5, 5.41) is 2.75. The van der Waals surface area contributed by atoms with Gasteiger partial charge in [0.15, 0.2) is 0 Å². The van der Waals surface area contributed by atoms with E-state index >= 15 is 0 Å². The van der Waals surface area contributed by atoms with E-state index in [1.165, 1.54) is 0 Å². The van der Waals surface area contributed by atoms with E-state index in [2.05, 4.69) is 5.32 Å². The number of carbonyl (C=O) groups excluding carboxylic acids is 1. The predicted molar refractivity (Wildman–Crippen MR) is 60.9 cm³/mol. The summed E-state index contributed by atoms with van der Waals surface area (Å²) < 4.78 is 5.37. The predicted octanol–water partition coefficient (Wildman–Crippen LogP) is 2.02. The molecule has 0 saturated carbocycles. The Morgan fingerprint density at radius 2 is 2.20 bits per heavy atom. The molecule has 0 unspecified atom stereocenters. The van der Waals surface area contributed by atoms with Crippen LogP contribution >= 0.6 is 0 Å². The molecule has 3 N–H and O–H groups in total. The van der Waals surface area contributed by atoms with Gasteiger partial charge in [-0.3, -0.25) is 4.79 Å². The van der Waals surface area contributed by atoms with Crippen LogP contribution in [0.25, 0.3) is 0 Å². The van der Waals surface area contributed by atoms with E-state index < -0.39 is 0 Å². The van der Waals surface area contributed by atoms with Crippen molar-refractivity contribution in [3.05, 3.63) is 18.2 Å². The molecule has 0 aliphatic heterocycles. The third kappa shape index (κ3) is 3.16. The zero-order valence-corrected chi connectivity index (χ0v) is 9.04. The van der Waals surface area contributed by atoms with Gasteiger partial charge in [-0.05, 0) is 19.1 Å². The van der Waals surface area contributed by atoms with Crippen molar-refractivity contribution in [3.8, 4) is 5.75 Å². The molecule has 15 heavy (non-hydrogen) atoms. The molecule has 0 aromatic heterocycles. The molecule has 0 fully saturated rings. The highest BCUT2D eigenvalue weighted by Crippen LogP contribution is 2.27. The van der Waals surface area contributed by atoms with Gasteiger partial charge in [-0.1, -0.05) is 6.92 Å². The highest BCUT2D eigenvalue weighted by molar-refractivity contribution is 5.92. The van der Waals surface area contributed by atoms with Crippen LogP contribution in [0, 0.1) is 0 Å². The Balaban J connectivity index is 2.89. The lowest BCUT2D eigenvalue weighted by atomic mass is 10.2. The fraction of sp³-hybridized carbons (Fsp3) is 0.364. The standard InChI is InChI=1S/C11H16N2O2/c1-3-11(14)13-9-6-5-8(12)7-10(9)15-4-2/h5-7H,3-4,12H2,1-2H3,(H,13,14). The van der Waals surface area contributed by atoms with E-state index in [0.29, 0.717) is 30.2 Å². The molecule has 0 saturated heterocycles. The monoisotopic (exact) mass is 208 g/mol. The number of nitrogens with two attached hydrogens (primary N) is 1. The van der Waals surface area contributed by atoms with E-state index in [1.807, 2.05) is 6.92 Å². The first-order valence-electron chi connectivity index (χ1n) is 4.99. The highest BCUT2D eigenvalue weighted by atomic mass is 16.5. The molecule has 0 radical (unpaired) electrons. The normalized spacial score (nSPS) is 9.73. The molecule has 0 bridgehead atoms. The van der Waals surface area contributed by atoms with Gasteiger partial charge in [0.1, 0.15) is 5.75 Å². The fourth-order valence-electron chi connectivity index (χ4n) is 1.16. The minimum absolute atomic E-state index is 0.0410. The largest absolute Gasteiger partial charge is 0.492 e. The summed E-state index contributed by atoms with van der Waals surface area (Å²) in [5.74, 6) is 0.569. The minimum atomic E-state index is -0.0410. The summed E-state index contributed by atoms with van der Waals surface area (Å²) in [6.07, 6.45) is 0.440. The van der Waals surface area contributed by atoms with Gasteiger partial charge in [-0.25, -0.2) is 0 Å². The summed E-state index contributed by atoms with van der Waals surface area (Å²) in [4.78, 5) is 11.2. The number of carbonyl (C=O) groups is 1. The van der Waals surface area contributed by atoms with Gasteiger partial charge in [0.25, 0.3) is 0 Å². The number of nitrogens with one attached hydrogen (secondary N) is 1. The van der Waals surface area contributed by atoms with Crippen LogP contribution in [0.5, 0.6) is 5.75 Å². The molecule has 0 spiro atoms. The molecule has 82 valence electrons. The van der Waals surface area contributed by atoms with Crippen LogP contribution in [-0.2, 0) is 4.79 Å². The molecular formula is C11H16N2O2. The van der Waals surface area contributed by atoms with Gasteiger partial charge in [-0.15, -0.1) is 0 Å². The van der Waals surface area contributed by atoms with Gasteiger partial charge >= 0.3 is 0 Å². The third-order valence-corrected chi connectivity index (χ3v) is 1.90. The summed E-state index contributed by atoms with van der Waals surface area (Å²) in [5.41, 5.74) is 6.91. The summed E-state index contributed by atoms with van der Waals surface area (Å²) >= 11 is 0. The van der Waals surface area contributed by atoms with E-state index in [4.69, 9.17) is 10.5 Å². The maximum Gasteiger partial charge on any atom is 0.224 e. The maximum atomic E-state index is 11.2. The Labute approximate surface area is 89.4 Å². The Kier molecular flexibility index (Phi) is 3.97. The Hall–Kier alpha value is -1.71. The van der Waals surface area contributed by atoms with E-state index in [9.17, 15) is 4.79 Å². The SMILES string of the molecule is CCOc1cc(N)ccc1NC(=O)CC. The van der Waals surface area contributed by atoms with Crippen LogP contribution in [0.4, 0.5) is 11.4 Å². The molecule has 1 amide bonds. The van der Waals surface area contributed by atoms with Gasteiger partial charge in [0, 0.05) is 18.2 Å². The van der Waals surface area contributed by atoms with E-state index in [1.54, 1.807) is 25.1 Å². The van der Waals surface area contributed by atoms with Crippen molar-refractivity contribution in [3.63, 3.8) is 0 Å². The average Bonchev–Trinajstić information content (AvgIpc) is 2.22. The zero-order chi connectivity index (χ0) is 11.3. The van der Waals surface area contributed by atoms with Crippen molar-refractivity contribution in [1.82, 2.24) is 0 Å². The van der Waals surface area contributed by atoms with Crippen molar-refractivity contribution in [1.29, 1.82) is 0 Å². The number of rotatable bonds is 4. The number of benzene rings is 1. The minimum Gasteiger partial charge on any atom is -0.492 e. The number of amides is 1. The lowest BCUT2D eigenvalue weighted by Crippen LogP contribution is -2.11. The van der Waals surface area contributed by atoms with Gasteiger partial charge < -0.3 is 15.8 Å². The van der Waals surface area contributed by atoms with Crippen LogP contribution in [0.15, 0.2) is 18.2 Å². The van der Waals surface area contributed by atoms with Crippen molar-refractivity contribution in [2.45, 2.75) is 20.3 Å². The van der Waals surface area contributed by atoms with E-state index in [-0.39, 0.29) is 5.91 Å². The van der Waals surface area contributed by atoms with Gasteiger partial charge in [0.05, 0.1) is 12.3 Å². The Morgan fingerprint density at radius 3 is 2.80 bits per heavy atom. The van der Waals surface area contributed by atoms with Crippen molar-refractivity contribution in [2.24, 2.45) is 0 Å². The zero-order valence-electron chi connectivity index (χ0n) is 9.04. The topological polar surface area (TPSA) is 64.3 Å². The third-order valence-electron chi connectivity index (χ3n) is 1.90. The summed E-state index contributed by atoms with van der Waals surface area (Å²) in [7, 11) is 0. The first-order valence-corrected chi connectivity index (χ1v) is 4.99. The maximum absolute atomic E-state index is 11.2. The van der Waals surface area contributed by atoms with Crippen molar-refractivity contribution in [2.75, 3.05) is 17.7 Å².